The van der Waals surface area contributed by atoms with Crippen LogP contribution in [0.3, 0.4) is 0 Å². The van der Waals surface area contributed by atoms with E-state index < -0.39 is 26.5 Å². The molecule has 474 valence electrons. The van der Waals surface area contributed by atoms with Gasteiger partial charge in [-0.1, -0.05) is 319 Å². The molecule has 0 aliphatic carbocycles. The van der Waals surface area contributed by atoms with Crippen LogP contribution in [-0.4, -0.2) is 70.0 Å². The summed E-state index contributed by atoms with van der Waals surface area (Å²) >= 11 is 0. The highest BCUT2D eigenvalue weighted by atomic mass is 31.2. The number of carbonyl (C=O) groups excluding carboxylic acids is 2. The van der Waals surface area contributed by atoms with E-state index in [1.807, 2.05) is 21.1 Å². The molecule has 0 heterocycles. The third-order valence-electron chi connectivity index (χ3n) is 15.3. The topological polar surface area (TPSA) is 111 Å². The van der Waals surface area contributed by atoms with Gasteiger partial charge in [0.25, 0.3) is 7.82 Å². The van der Waals surface area contributed by atoms with Gasteiger partial charge in [-0.25, -0.2) is 0 Å². The first kappa shape index (κ1) is 78.7. The van der Waals surface area contributed by atoms with Crippen molar-refractivity contribution in [2.75, 3.05) is 47.5 Å². The number of carbonyl (C=O) groups is 2. The molecule has 0 aromatic heterocycles. The lowest BCUT2D eigenvalue weighted by Gasteiger charge is -2.28. The van der Waals surface area contributed by atoms with Crippen LogP contribution in [0.25, 0.3) is 0 Å². The maximum absolute atomic E-state index is 12.9. The number of phosphoric acid groups is 1. The van der Waals surface area contributed by atoms with Crippen molar-refractivity contribution in [1.29, 1.82) is 0 Å². The van der Waals surface area contributed by atoms with Gasteiger partial charge in [0.1, 0.15) is 19.8 Å². The number of esters is 2. The lowest BCUT2D eigenvalue weighted by atomic mass is 10.0. The Hall–Kier alpha value is -2.29. The van der Waals surface area contributed by atoms with Crippen LogP contribution in [-0.2, 0) is 32.7 Å². The molecule has 0 aliphatic rings. The summed E-state index contributed by atoms with van der Waals surface area (Å²) < 4.78 is 34.3. The summed E-state index contributed by atoms with van der Waals surface area (Å²) in [5.41, 5.74) is 0. The summed E-state index contributed by atoms with van der Waals surface area (Å²) in [5.74, 6) is -0.822. The molecule has 2 unspecified atom stereocenters. The van der Waals surface area contributed by atoms with E-state index in [1.54, 1.807) is 0 Å². The summed E-state index contributed by atoms with van der Waals surface area (Å²) in [6.45, 7) is 4.18. The van der Waals surface area contributed by atoms with Gasteiger partial charge in [0.15, 0.2) is 6.10 Å². The second kappa shape index (κ2) is 62.2. The molecule has 0 amide bonds. The van der Waals surface area contributed by atoms with Crippen molar-refractivity contribution >= 4 is 19.8 Å². The Kier molecular flexibility index (Phi) is 60.5. The van der Waals surface area contributed by atoms with E-state index in [4.69, 9.17) is 18.5 Å². The lowest BCUT2D eigenvalue weighted by molar-refractivity contribution is -0.870. The molecule has 0 aromatic carbocycles. The van der Waals surface area contributed by atoms with E-state index in [1.165, 1.54) is 218 Å². The number of nitrogens with zero attached hydrogens (tertiary/aromatic N) is 1. The number of likely N-dealkylation sites (N-methyl/N-ethyl adjacent to an activating group) is 1. The number of phosphoric ester groups is 1. The predicted molar refractivity (Wildman–Crippen MR) is 347 cm³/mol. The molecule has 0 radical (unpaired) electrons. The van der Waals surface area contributed by atoms with Gasteiger partial charge in [-0.3, -0.25) is 14.2 Å². The molecular formula is C71H132NO8P. The van der Waals surface area contributed by atoms with Crippen molar-refractivity contribution in [3.05, 3.63) is 60.8 Å². The Balaban J connectivity index is 4.03. The average Bonchev–Trinajstić information content (AvgIpc) is 3.43. The molecule has 0 saturated heterocycles. The Labute approximate surface area is 502 Å². The van der Waals surface area contributed by atoms with Gasteiger partial charge in [-0.05, 0) is 57.8 Å². The van der Waals surface area contributed by atoms with Gasteiger partial charge in [0.05, 0.1) is 27.7 Å². The van der Waals surface area contributed by atoms with E-state index in [9.17, 15) is 19.0 Å². The first-order valence-corrected chi connectivity index (χ1v) is 36.0. The predicted octanol–water partition coefficient (Wildman–Crippen LogP) is 21.6. The minimum Gasteiger partial charge on any atom is -0.756 e. The first-order chi connectivity index (χ1) is 39.5. The molecule has 0 bridgehead atoms. The number of rotatable bonds is 64. The summed E-state index contributed by atoms with van der Waals surface area (Å²) in [5, 5.41) is 0. The lowest BCUT2D eigenvalue weighted by Crippen LogP contribution is -2.37. The van der Waals surface area contributed by atoms with Crippen LogP contribution < -0.4 is 4.89 Å². The number of ether oxygens (including phenoxy) is 2. The molecule has 0 fully saturated rings. The van der Waals surface area contributed by atoms with Crippen LogP contribution >= 0.6 is 7.82 Å². The zero-order chi connectivity index (χ0) is 59.1. The van der Waals surface area contributed by atoms with Crippen molar-refractivity contribution in [2.24, 2.45) is 0 Å². The van der Waals surface area contributed by atoms with Crippen molar-refractivity contribution in [3.63, 3.8) is 0 Å². The van der Waals surface area contributed by atoms with Crippen molar-refractivity contribution in [3.8, 4) is 0 Å². The number of unbranched alkanes of at least 4 members (excludes halogenated alkanes) is 40. The fourth-order valence-electron chi connectivity index (χ4n) is 10.0. The molecule has 10 heteroatoms. The van der Waals surface area contributed by atoms with Crippen LogP contribution in [0.5, 0.6) is 0 Å². The molecule has 0 aliphatic heterocycles. The second-order valence-corrected chi connectivity index (χ2v) is 25.9. The van der Waals surface area contributed by atoms with Gasteiger partial charge >= 0.3 is 11.9 Å². The molecular weight excluding hydrogens is 1030 g/mol. The normalized spacial score (nSPS) is 13.5. The minimum atomic E-state index is -4.64. The number of hydrogen-bond donors (Lipinski definition) is 0. The van der Waals surface area contributed by atoms with Crippen molar-refractivity contribution in [1.82, 2.24) is 0 Å². The minimum absolute atomic E-state index is 0.0314. The van der Waals surface area contributed by atoms with Gasteiger partial charge in [-0.15, -0.1) is 0 Å². The zero-order valence-corrected chi connectivity index (χ0v) is 54.9. The summed E-state index contributed by atoms with van der Waals surface area (Å²) in [6, 6.07) is 0. The SMILES string of the molecule is CC/C=C\C/C=C\C/C=C\C/C=C\C/C=C\CCCCCCCCCCCCCC(=O)OC(COC(=O)CCCCCCCCCCCCCCCCCCCCCCCCCCCCCCCC)COP(=O)([O-])OCC[N+](C)(C)C. The van der Waals surface area contributed by atoms with E-state index >= 15 is 0 Å². The molecule has 0 rings (SSSR count). The van der Waals surface area contributed by atoms with E-state index in [0.29, 0.717) is 17.4 Å². The van der Waals surface area contributed by atoms with Crippen LogP contribution in [0.15, 0.2) is 60.8 Å². The highest BCUT2D eigenvalue weighted by molar-refractivity contribution is 7.45. The highest BCUT2D eigenvalue weighted by Crippen LogP contribution is 2.38. The van der Waals surface area contributed by atoms with E-state index in [-0.39, 0.29) is 32.0 Å². The molecule has 0 saturated carbocycles. The summed E-state index contributed by atoms with van der Waals surface area (Å²) in [6.07, 6.45) is 81.6. The fourth-order valence-corrected chi connectivity index (χ4v) is 10.8. The van der Waals surface area contributed by atoms with Crippen molar-refractivity contribution in [2.45, 2.75) is 335 Å². The van der Waals surface area contributed by atoms with Gasteiger partial charge in [0, 0.05) is 12.8 Å². The zero-order valence-electron chi connectivity index (χ0n) is 54.0. The molecule has 9 nitrogen and oxygen atoms in total. The van der Waals surface area contributed by atoms with Crippen LogP contribution in [0.2, 0.25) is 0 Å². The summed E-state index contributed by atoms with van der Waals surface area (Å²) in [4.78, 5) is 38.0. The molecule has 0 N–H and O–H groups in total. The second-order valence-electron chi connectivity index (χ2n) is 24.5. The Bertz CT molecular complexity index is 1550. The smallest absolute Gasteiger partial charge is 0.306 e. The first-order valence-electron chi connectivity index (χ1n) is 34.5. The fraction of sp³-hybridized carbons (Fsp3) is 0.831. The standard InChI is InChI=1S/C71H132NO8P/c1-6-8-10-12-14-16-18-20-22-24-26-28-30-32-34-35-36-38-39-41-43-45-47-49-51-53-55-57-59-61-63-70(73)77-67-69(68-79-81(75,76)78-66-65-72(3,4)5)80-71(74)64-62-60-58-56-54-52-50-48-46-44-42-40-37-33-31-29-27-25-23-21-19-17-15-13-11-9-7-2/h9,11,15,17,21,23,27,29,33,37,69H,6-8,10,12-14,16,18-20,22,24-26,28,30-32,34-36,38-68H2,1-5H3/b11-9-,17-15-,23-21-,29-27-,37-33-. The molecule has 2 atom stereocenters. The van der Waals surface area contributed by atoms with E-state index in [0.717, 1.165) is 77.0 Å². The number of allylic oxidation sites excluding steroid dienone is 10. The third-order valence-corrected chi connectivity index (χ3v) is 16.3. The van der Waals surface area contributed by atoms with Crippen LogP contribution in [0, 0.1) is 0 Å². The highest BCUT2D eigenvalue weighted by Gasteiger charge is 2.22. The summed E-state index contributed by atoms with van der Waals surface area (Å²) in [7, 11) is 1.17. The van der Waals surface area contributed by atoms with Gasteiger partial charge in [0.2, 0.25) is 0 Å². The van der Waals surface area contributed by atoms with E-state index in [2.05, 4.69) is 74.6 Å². The van der Waals surface area contributed by atoms with Gasteiger partial charge < -0.3 is 27.9 Å². The Morgan fingerprint density at radius 1 is 0.395 bits per heavy atom. The Morgan fingerprint density at radius 2 is 0.704 bits per heavy atom. The number of quaternary nitrogens is 1. The third kappa shape index (κ3) is 66.7. The van der Waals surface area contributed by atoms with Gasteiger partial charge in [-0.2, -0.15) is 0 Å². The molecule has 0 aromatic rings. The largest absolute Gasteiger partial charge is 0.756 e. The molecule has 0 spiro atoms. The van der Waals surface area contributed by atoms with Crippen LogP contribution in [0.1, 0.15) is 328 Å². The van der Waals surface area contributed by atoms with Crippen LogP contribution in [0.4, 0.5) is 0 Å². The Morgan fingerprint density at radius 3 is 1.05 bits per heavy atom. The quantitative estimate of drug-likeness (QED) is 0.0195. The monoisotopic (exact) mass is 1160 g/mol. The number of hydrogen-bond acceptors (Lipinski definition) is 8. The molecule has 81 heavy (non-hydrogen) atoms. The van der Waals surface area contributed by atoms with Crippen molar-refractivity contribution < 1.29 is 42.1 Å². The maximum atomic E-state index is 12.9. The maximum Gasteiger partial charge on any atom is 0.306 e. The average molecular weight is 1160 g/mol.